The Balaban J connectivity index is 1.60. The van der Waals surface area contributed by atoms with Gasteiger partial charge in [-0.05, 0) is 25.0 Å². The third-order valence-corrected chi connectivity index (χ3v) is 4.61. The van der Waals surface area contributed by atoms with E-state index >= 15 is 0 Å². The molecule has 1 aliphatic rings. The molecule has 1 amide bonds. The molecule has 1 fully saturated rings. The van der Waals surface area contributed by atoms with E-state index in [0.29, 0.717) is 12.1 Å². The molecule has 1 aromatic carbocycles. The van der Waals surface area contributed by atoms with E-state index in [0.717, 1.165) is 30.5 Å². The first kappa shape index (κ1) is 14.2. The van der Waals surface area contributed by atoms with E-state index in [1.54, 1.807) is 16.8 Å². The highest BCUT2D eigenvalue weighted by molar-refractivity contribution is 7.07. The van der Waals surface area contributed by atoms with Gasteiger partial charge in [0.2, 0.25) is 0 Å². The number of benzene rings is 1. The Hall–Kier alpha value is -1.72. The number of nitrogens with one attached hydrogen (secondary N) is 1. The fourth-order valence-electron chi connectivity index (χ4n) is 2.73. The number of rotatable bonds is 4. The van der Waals surface area contributed by atoms with Gasteiger partial charge in [0.15, 0.2) is 0 Å². The van der Waals surface area contributed by atoms with Gasteiger partial charge in [0.1, 0.15) is 0 Å². The van der Waals surface area contributed by atoms with Crippen LogP contribution in [0.3, 0.4) is 0 Å². The van der Waals surface area contributed by atoms with Gasteiger partial charge in [0.25, 0.3) is 5.91 Å². The summed E-state index contributed by atoms with van der Waals surface area (Å²) in [7, 11) is 0. The van der Waals surface area contributed by atoms with Crippen LogP contribution in [0.4, 0.5) is 0 Å². The molecule has 1 aliphatic carbocycles. The number of hydrogen-bond donors (Lipinski definition) is 2. The predicted molar refractivity (Wildman–Crippen MR) is 83.2 cm³/mol. The Labute approximate surface area is 127 Å². The van der Waals surface area contributed by atoms with E-state index in [-0.39, 0.29) is 17.9 Å². The highest BCUT2D eigenvalue weighted by Gasteiger charge is 2.25. The van der Waals surface area contributed by atoms with Crippen LogP contribution < -0.4 is 5.32 Å². The van der Waals surface area contributed by atoms with Crippen molar-refractivity contribution < 1.29 is 9.90 Å². The Morgan fingerprint density at radius 1 is 1.33 bits per heavy atom. The smallest absolute Gasteiger partial charge is 0.251 e. The van der Waals surface area contributed by atoms with Crippen molar-refractivity contribution in [3.8, 4) is 11.3 Å². The van der Waals surface area contributed by atoms with Crippen molar-refractivity contribution in [3.63, 3.8) is 0 Å². The number of amides is 1. The number of carbonyl (C=O) groups is 1. The summed E-state index contributed by atoms with van der Waals surface area (Å²) in [6.07, 6.45) is 2.62. The van der Waals surface area contributed by atoms with Crippen molar-refractivity contribution in [2.45, 2.75) is 25.4 Å². The fraction of sp³-hybridized carbons (Fsp3) is 0.375. The molecule has 21 heavy (non-hydrogen) atoms. The molecule has 1 aromatic heterocycles. The van der Waals surface area contributed by atoms with Gasteiger partial charge in [-0.3, -0.25) is 4.79 Å². The minimum atomic E-state index is -0.266. The SMILES string of the molecule is O=C(NCC1CCCC1O)c1ccc(-c2cscn2)cc1. The monoisotopic (exact) mass is 302 g/mol. The highest BCUT2D eigenvalue weighted by atomic mass is 32.1. The van der Waals surface area contributed by atoms with Crippen molar-refractivity contribution in [3.05, 3.63) is 40.7 Å². The van der Waals surface area contributed by atoms with Crippen LogP contribution in [0.5, 0.6) is 0 Å². The summed E-state index contributed by atoms with van der Waals surface area (Å²) in [5.74, 6) is 0.113. The molecule has 0 aliphatic heterocycles. The standard InChI is InChI=1S/C16H18N2O2S/c19-15-3-1-2-13(15)8-17-16(20)12-6-4-11(5-7-12)14-9-21-10-18-14/h4-7,9-10,13,15,19H,1-3,8H2,(H,17,20). The van der Waals surface area contributed by atoms with Gasteiger partial charge in [-0.1, -0.05) is 18.6 Å². The average Bonchev–Trinajstić information content (AvgIpc) is 3.17. The van der Waals surface area contributed by atoms with Crippen LogP contribution in [0.15, 0.2) is 35.2 Å². The van der Waals surface area contributed by atoms with Crippen LogP contribution in [0, 0.1) is 5.92 Å². The average molecular weight is 302 g/mol. The fourth-order valence-corrected chi connectivity index (χ4v) is 3.29. The lowest BCUT2D eigenvalue weighted by molar-refractivity contribution is 0.0917. The summed E-state index contributed by atoms with van der Waals surface area (Å²) in [6.45, 7) is 0.549. The van der Waals surface area contributed by atoms with Crippen LogP contribution in [-0.2, 0) is 0 Å². The molecule has 2 N–H and O–H groups in total. The van der Waals surface area contributed by atoms with Crippen LogP contribution >= 0.6 is 11.3 Å². The maximum Gasteiger partial charge on any atom is 0.251 e. The zero-order valence-electron chi connectivity index (χ0n) is 11.7. The molecule has 2 unspecified atom stereocenters. The van der Waals surface area contributed by atoms with Gasteiger partial charge in [0, 0.05) is 29.0 Å². The van der Waals surface area contributed by atoms with Crippen molar-refractivity contribution in [1.29, 1.82) is 0 Å². The Kier molecular flexibility index (Phi) is 4.31. The normalized spacial score (nSPS) is 21.4. The first-order chi connectivity index (χ1) is 10.2. The molecule has 2 aromatic rings. The third kappa shape index (κ3) is 3.31. The Morgan fingerprint density at radius 3 is 2.76 bits per heavy atom. The van der Waals surface area contributed by atoms with Gasteiger partial charge in [-0.2, -0.15) is 0 Å². The first-order valence-electron chi connectivity index (χ1n) is 7.19. The molecule has 0 spiro atoms. The number of carbonyl (C=O) groups excluding carboxylic acids is 1. The first-order valence-corrected chi connectivity index (χ1v) is 8.13. The summed E-state index contributed by atoms with van der Waals surface area (Å²) in [6, 6.07) is 7.45. The molecule has 5 heteroatoms. The Morgan fingerprint density at radius 2 is 2.14 bits per heavy atom. The molecule has 110 valence electrons. The number of aromatic nitrogens is 1. The number of thiazole rings is 1. The summed E-state index contributed by atoms with van der Waals surface area (Å²) >= 11 is 1.55. The number of hydrogen-bond acceptors (Lipinski definition) is 4. The molecule has 0 radical (unpaired) electrons. The molecule has 0 saturated heterocycles. The Bertz CT molecular complexity index is 595. The van der Waals surface area contributed by atoms with Gasteiger partial charge in [-0.25, -0.2) is 4.98 Å². The lowest BCUT2D eigenvalue weighted by atomic mass is 10.1. The second-order valence-electron chi connectivity index (χ2n) is 5.42. The molecule has 2 atom stereocenters. The van der Waals surface area contributed by atoms with Gasteiger partial charge >= 0.3 is 0 Å². The lowest BCUT2D eigenvalue weighted by Crippen LogP contribution is -2.32. The molecule has 3 rings (SSSR count). The summed E-state index contributed by atoms with van der Waals surface area (Å²) in [4.78, 5) is 16.3. The van der Waals surface area contributed by atoms with E-state index in [2.05, 4.69) is 10.3 Å². The van der Waals surface area contributed by atoms with Crippen LogP contribution in [-0.4, -0.2) is 28.6 Å². The number of aliphatic hydroxyl groups excluding tert-OH is 1. The second kappa shape index (κ2) is 6.37. The van der Waals surface area contributed by atoms with Crippen LogP contribution in [0.1, 0.15) is 29.6 Å². The molecule has 1 heterocycles. The molecule has 4 nitrogen and oxygen atoms in total. The second-order valence-corrected chi connectivity index (χ2v) is 6.14. The zero-order chi connectivity index (χ0) is 14.7. The van der Waals surface area contributed by atoms with Gasteiger partial charge < -0.3 is 10.4 Å². The van der Waals surface area contributed by atoms with Crippen molar-refractivity contribution >= 4 is 17.2 Å². The van der Waals surface area contributed by atoms with Gasteiger partial charge in [-0.15, -0.1) is 11.3 Å². The zero-order valence-corrected chi connectivity index (χ0v) is 12.5. The molecular weight excluding hydrogens is 284 g/mol. The molecule has 1 saturated carbocycles. The van der Waals surface area contributed by atoms with Crippen molar-refractivity contribution in [1.82, 2.24) is 10.3 Å². The third-order valence-electron chi connectivity index (χ3n) is 4.02. The van der Waals surface area contributed by atoms with E-state index in [9.17, 15) is 9.90 Å². The van der Waals surface area contributed by atoms with E-state index in [1.807, 2.05) is 29.6 Å². The summed E-state index contributed by atoms with van der Waals surface area (Å²) in [5, 5.41) is 14.7. The van der Waals surface area contributed by atoms with Crippen LogP contribution in [0.25, 0.3) is 11.3 Å². The molecule has 0 bridgehead atoms. The van der Waals surface area contributed by atoms with Gasteiger partial charge in [0.05, 0.1) is 17.3 Å². The van der Waals surface area contributed by atoms with Crippen LogP contribution in [0.2, 0.25) is 0 Å². The minimum Gasteiger partial charge on any atom is -0.393 e. The maximum absolute atomic E-state index is 12.1. The minimum absolute atomic E-state index is 0.0843. The largest absolute Gasteiger partial charge is 0.393 e. The summed E-state index contributed by atoms with van der Waals surface area (Å²) < 4.78 is 0. The van der Waals surface area contributed by atoms with E-state index in [1.165, 1.54) is 0 Å². The number of aliphatic hydroxyl groups is 1. The van der Waals surface area contributed by atoms with Crippen molar-refractivity contribution in [2.24, 2.45) is 5.92 Å². The maximum atomic E-state index is 12.1. The van der Waals surface area contributed by atoms with Crippen molar-refractivity contribution in [2.75, 3.05) is 6.54 Å². The molecular formula is C16H18N2O2S. The topological polar surface area (TPSA) is 62.2 Å². The quantitative estimate of drug-likeness (QED) is 0.913. The van der Waals surface area contributed by atoms with E-state index in [4.69, 9.17) is 0 Å². The predicted octanol–water partition coefficient (Wildman–Crippen LogP) is 2.70. The lowest BCUT2D eigenvalue weighted by Gasteiger charge is -2.15. The van der Waals surface area contributed by atoms with E-state index < -0.39 is 0 Å². The highest BCUT2D eigenvalue weighted by Crippen LogP contribution is 2.25. The number of nitrogens with zero attached hydrogens (tertiary/aromatic N) is 1. The summed E-state index contributed by atoms with van der Waals surface area (Å²) in [5.41, 5.74) is 4.38.